The highest BCUT2D eigenvalue weighted by atomic mass is 79.9. The fourth-order valence-corrected chi connectivity index (χ4v) is 1.82. The first-order valence-corrected chi connectivity index (χ1v) is 6.02. The zero-order chi connectivity index (χ0) is 12.3. The number of halogens is 1. The van der Waals surface area contributed by atoms with Gasteiger partial charge in [-0.1, -0.05) is 15.9 Å². The van der Waals surface area contributed by atoms with Gasteiger partial charge in [0.2, 0.25) is 0 Å². The van der Waals surface area contributed by atoms with Crippen molar-refractivity contribution in [2.24, 2.45) is 0 Å². The molecule has 1 heterocycles. The highest BCUT2D eigenvalue weighted by Gasteiger charge is 2.04. The van der Waals surface area contributed by atoms with E-state index in [0.29, 0.717) is 5.56 Å². The van der Waals surface area contributed by atoms with Crippen molar-refractivity contribution in [1.82, 2.24) is 9.78 Å². The van der Waals surface area contributed by atoms with E-state index in [4.69, 9.17) is 5.26 Å². The second kappa shape index (κ2) is 5.02. The third-order valence-electron chi connectivity index (χ3n) is 2.33. The summed E-state index contributed by atoms with van der Waals surface area (Å²) in [5.41, 5.74) is 1.35. The second-order valence-electron chi connectivity index (χ2n) is 3.48. The van der Waals surface area contributed by atoms with Gasteiger partial charge in [-0.25, -0.2) is 0 Å². The van der Waals surface area contributed by atoms with Crippen LogP contribution in [0.15, 0.2) is 34.9 Å². The number of nitriles is 1. The molecule has 1 N–H and O–H groups in total. The molecule has 1 aromatic heterocycles. The molecule has 0 aliphatic heterocycles. The smallest absolute Gasteiger partial charge is 0.152 e. The Balaban J connectivity index is 2.29. The van der Waals surface area contributed by atoms with Gasteiger partial charge in [-0.3, -0.25) is 4.68 Å². The van der Waals surface area contributed by atoms with E-state index in [0.717, 1.165) is 22.5 Å². The van der Waals surface area contributed by atoms with Crippen molar-refractivity contribution in [3.63, 3.8) is 0 Å². The van der Waals surface area contributed by atoms with Crippen LogP contribution in [0.25, 0.3) is 0 Å². The monoisotopic (exact) mass is 290 g/mol. The Hall–Kier alpha value is -1.80. The number of nitrogens with one attached hydrogen (secondary N) is 1. The number of aryl methyl sites for hydroxylation is 1. The van der Waals surface area contributed by atoms with Crippen LogP contribution < -0.4 is 5.32 Å². The minimum Gasteiger partial charge on any atom is -0.338 e. The molecule has 0 radical (unpaired) electrons. The van der Waals surface area contributed by atoms with Gasteiger partial charge < -0.3 is 5.32 Å². The van der Waals surface area contributed by atoms with E-state index in [1.54, 1.807) is 6.07 Å². The molecule has 2 aromatic rings. The van der Waals surface area contributed by atoms with Crippen LogP contribution in [-0.2, 0) is 6.54 Å². The molecule has 0 saturated heterocycles. The van der Waals surface area contributed by atoms with Gasteiger partial charge in [0.15, 0.2) is 5.82 Å². The molecule has 5 heteroatoms. The molecule has 0 aliphatic carbocycles. The van der Waals surface area contributed by atoms with Crippen LogP contribution in [-0.4, -0.2) is 9.78 Å². The zero-order valence-corrected chi connectivity index (χ0v) is 10.9. The minimum atomic E-state index is 0.597. The molecule has 2 rings (SSSR count). The summed E-state index contributed by atoms with van der Waals surface area (Å²) < 4.78 is 2.75. The van der Waals surface area contributed by atoms with E-state index in [2.05, 4.69) is 32.4 Å². The van der Waals surface area contributed by atoms with E-state index >= 15 is 0 Å². The maximum atomic E-state index is 9.01. The summed E-state index contributed by atoms with van der Waals surface area (Å²) in [5, 5.41) is 16.5. The van der Waals surface area contributed by atoms with E-state index in [1.807, 2.05) is 36.0 Å². The molecule has 0 bridgehead atoms. The molecule has 17 heavy (non-hydrogen) atoms. The van der Waals surface area contributed by atoms with Crippen LogP contribution >= 0.6 is 15.9 Å². The summed E-state index contributed by atoms with van der Waals surface area (Å²) in [6.07, 6.45) is 1.90. The van der Waals surface area contributed by atoms with Crippen LogP contribution in [0.1, 0.15) is 12.5 Å². The van der Waals surface area contributed by atoms with Crippen LogP contribution in [0.5, 0.6) is 0 Å². The Morgan fingerprint density at radius 1 is 1.47 bits per heavy atom. The molecule has 86 valence electrons. The van der Waals surface area contributed by atoms with Crippen molar-refractivity contribution >= 4 is 27.4 Å². The topological polar surface area (TPSA) is 53.6 Å². The number of hydrogen-bond donors (Lipinski definition) is 1. The van der Waals surface area contributed by atoms with Crippen molar-refractivity contribution in [3.05, 3.63) is 40.5 Å². The van der Waals surface area contributed by atoms with E-state index in [9.17, 15) is 0 Å². The Morgan fingerprint density at radius 3 is 2.94 bits per heavy atom. The van der Waals surface area contributed by atoms with E-state index in [-0.39, 0.29) is 0 Å². The molecule has 4 nitrogen and oxygen atoms in total. The molecule has 1 aromatic carbocycles. The van der Waals surface area contributed by atoms with Gasteiger partial charge in [0.05, 0.1) is 11.3 Å². The maximum Gasteiger partial charge on any atom is 0.152 e. The number of nitrogens with zero attached hydrogens (tertiary/aromatic N) is 3. The summed E-state index contributed by atoms with van der Waals surface area (Å²) >= 11 is 3.38. The van der Waals surface area contributed by atoms with Gasteiger partial charge in [0, 0.05) is 23.3 Å². The van der Waals surface area contributed by atoms with Crippen LogP contribution in [0.2, 0.25) is 0 Å². The molecule has 0 spiro atoms. The van der Waals surface area contributed by atoms with Crippen molar-refractivity contribution < 1.29 is 0 Å². The van der Waals surface area contributed by atoms with Gasteiger partial charge >= 0.3 is 0 Å². The third-order valence-corrected chi connectivity index (χ3v) is 2.82. The summed E-state index contributed by atoms with van der Waals surface area (Å²) in [6.45, 7) is 2.85. The second-order valence-corrected chi connectivity index (χ2v) is 4.40. The average molecular weight is 291 g/mol. The van der Waals surface area contributed by atoms with Crippen molar-refractivity contribution in [2.75, 3.05) is 5.32 Å². The first kappa shape index (κ1) is 11.7. The van der Waals surface area contributed by atoms with Crippen molar-refractivity contribution in [1.29, 1.82) is 5.26 Å². The lowest BCUT2D eigenvalue weighted by Gasteiger charge is -2.05. The average Bonchev–Trinajstić information content (AvgIpc) is 2.77. The fourth-order valence-electron chi connectivity index (χ4n) is 1.46. The Kier molecular flexibility index (Phi) is 3.45. The van der Waals surface area contributed by atoms with Gasteiger partial charge in [0.1, 0.15) is 6.07 Å². The number of benzene rings is 1. The molecule has 0 aliphatic rings. The molecule has 0 atom stereocenters. The summed E-state index contributed by atoms with van der Waals surface area (Å²) in [5.74, 6) is 0.737. The van der Waals surface area contributed by atoms with Gasteiger partial charge in [-0.05, 0) is 25.1 Å². The zero-order valence-electron chi connectivity index (χ0n) is 9.31. The Labute approximate surface area is 108 Å². The summed E-state index contributed by atoms with van der Waals surface area (Å²) in [7, 11) is 0. The number of rotatable bonds is 3. The maximum absolute atomic E-state index is 9.01. The van der Waals surface area contributed by atoms with Crippen LogP contribution in [0, 0.1) is 11.3 Å². The third kappa shape index (κ3) is 2.66. The van der Waals surface area contributed by atoms with Gasteiger partial charge in [0.25, 0.3) is 0 Å². The van der Waals surface area contributed by atoms with E-state index in [1.165, 1.54) is 0 Å². The predicted octanol–water partition coefficient (Wildman–Crippen LogP) is 3.28. The van der Waals surface area contributed by atoms with E-state index < -0.39 is 0 Å². The highest BCUT2D eigenvalue weighted by molar-refractivity contribution is 9.10. The SMILES string of the molecule is CCn1ccc(Nc2cc(Br)ccc2C#N)n1. The molecule has 0 unspecified atom stereocenters. The molecular formula is C12H11BrN4. The van der Waals surface area contributed by atoms with Gasteiger partial charge in [-0.15, -0.1) is 0 Å². The Bertz CT molecular complexity index is 568. The normalized spacial score (nSPS) is 9.94. The Morgan fingerprint density at radius 2 is 2.29 bits per heavy atom. The molecule has 0 amide bonds. The summed E-state index contributed by atoms with van der Waals surface area (Å²) in [6, 6.07) is 9.50. The predicted molar refractivity (Wildman–Crippen MR) is 70.0 cm³/mol. The van der Waals surface area contributed by atoms with Gasteiger partial charge in [-0.2, -0.15) is 10.4 Å². The van der Waals surface area contributed by atoms with Crippen LogP contribution in [0.3, 0.4) is 0 Å². The first-order chi connectivity index (χ1) is 8.22. The quantitative estimate of drug-likeness (QED) is 0.944. The number of hydrogen-bond acceptors (Lipinski definition) is 3. The number of aromatic nitrogens is 2. The lowest BCUT2D eigenvalue weighted by atomic mass is 10.2. The lowest BCUT2D eigenvalue weighted by molar-refractivity contribution is 0.662. The minimum absolute atomic E-state index is 0.597. The first-order valence-electron chi connectivity index (χ1n) is 5.23. The fraction of sp³-hybridized carbons (Fsp3) is 0.167. The summed E-state index contributed by atoms with van der Waals surface area (Å²) in [4.78, 5) is 0. The lowest BCUT2D eigenvalue weighted by Crippen LogP contribution is -1.98. The standard InChI is InChI=1S/C12H11BrN4/c1-2-17-6-5-12(16-17)15-11-7-10(13)4-3-9(11)8-14/h3-7H,2H2,1H3,(H,15,16). The number of anilines is 2. The highest BCUT2D eigenvalue weighted by Crippen LogP contribution is 2.23. The van der Waals surface area contributed by atoms with Crippen molar-refractivity contribution in [2.45, 2.75) is 13.5 Å². The largest absolute Gasteiger partial charge is 0.338 e. The molecular weight excluding hydrogens is 280 g/mol. The molecule has 0 fully saturated rings. The molecule has 0 saturated carbocycles. The van der Waals surface area contributed by atoms with Crippen molar-refractivity contribution in [3.8, 4) is 6.07 Å². The van der Waals surface area contributed by atoms with Crippen LogP contribution in [0.4, 0.5) is 11.5 Å².